The van der Waals surface area contributed by atoms with Crippen LogP contribution in [0.2, 0.25) is 5.28 Å². The van der Waals surface area contributed by atoms with Crippen LogP contribution in [0.4, 0.5) is 11.5 Å². The van der Waals surface area contributed by atoms with Crippen LogP contribution >= 0.6 is 22.9 Å². The number of hydrogen-bond donors (Lipinski definition) is 0. The van der Waals surface area contributed by atoms with Crippen LogP contribution in [0.15, 0.2) is 24.3 Å². The van der Waals surface area contributed by atoms with Crippen LogP contribution in [0.25, 0.3) is 10.2 Å². The highest BCUT2D eigenvalue weighted by Gasteiger charge is 2.22. The normalized spacial score (nSPS) is 15.2. The number of nitrogens with zero attached hydrogens (tertiary/aromatic N) is 4. The molecule has 1 aliphatic rings. The zero-order valence-electron chi connectivity index (χ0n) is 14.7. The lowest BCUT2D eigenvalue weighted by atomic mass is 10.1. The second-order valence-corrected chi connectivity index (χ2v) is 8.16. The average molecular weight is 373 g/mol. The lowest BCUT2D eigenvalue weighted by molar-refractivity contribution is 0.647. The van der Waals surface area contributed by atoms with Crippen LogP contribution in [0.1, 0.15) is 16.0 Å². The highest BCUT2D eigenvalue weighted by molar-refractivity contribution is 7.18. The molecule has 0 aliphatic carbocycles. The zero-order chi connectivity index (χ0) is 17.6. The van der Waals surface area contributed by atoms with E-state index >= 15 is 0 Å². The summed E-state index contributed by atoms with van der Waals surface area (Å²) in [4.78, 5) is 15.9. The predicted octanol–water partition coefficient (Wildman–Crippen LogP) is 4.60. The topological polar surface area (TPSA) is 32.3 Å². The van der Waals surface area contributed by atoms with Crippen LogP contribution in [-0.4, -0.2) is 36.1 Å². The molecule has 130 valence electrons. The highest BCUT2D eigenvalue weighted by atomic mass is 35.5. The summed E-state index contributed by atoms with van der Waals surface area (Å²) in [7, 11) is 0. The Kier molecular flexibility index (Phi) is 4.29. The number of thiophene rings is 1. The molecule has 0 radical (unpaired) electrons. The van der Waals surface area contributed by atoms with E-state index in [2.05, 4.69) is 64.8 Å². The third-order valence-corrected chi connectivity index (χ3v) is 6.08. The fourth-order valence-electron chi connectivity index (χ4n) is 3.48. The predicted molar refractivity (Wildman–Crippen MR) is 108 cm³/mol. The van der Waals surface area contributed by atoms with E-state index in [9.17, 15) is 0 Å². The van der Waals surface area contributed by atoms with Crippen LogP contribution in [0.5, 0.6) is 0 Å². The van der Waals surface area contributed by atoms with Crippen molar-refractivity contribution in [1.82, 2.24) is 9.97 Å². The minimum Gasteiger partial charge on any atom is -0.368 e. The second kappa shape index (κ2) is 6.46. The number of fused-ring (bicyclic) bond motifs is 1. The number of aromatic nitrogens is 2. The highest BCUT2D eigenvalue weighted by Crippen LogP contribution is 2.33. The van der Waals surface area contributed by atoms with Crippen LogP contribution in [0.3, 0.4) is 0 Å². The quantitative estimate of drug-likeness (QED) is 0.615. The van der Waals surface area contributed by atoms with Crippen molar-refractivity contribution in [3.05, 3.63) is 45.6 Å². The molecular formula is C19H21ClN4S. The minimum atomic E-state index is 0.335. The first kappa shape index (κ1) is 16.6. The molecule has 0 spiro atoms. The van der Waals surface area contributed by atoms with E-state index in [1.807, 2.05) is 0 Å². The summed E-state index contributed by atoms with van der Waals surface area (Å²) >= 11 is 7.84. The van der Waals surface area contributed by atoms with Gasteiger partial charge in [-0.1, -0.05) is 12.1 Å². The summed E-state index contributed by atoms with van der Waals surface area (Å²) in [5.74, 6) is 0.972. The molecule has 0 N–H and O–H groups in total. The fourth-order valence-corrected chi connectivity index (χ4v) is 4.57. The minimum absolute atomic E-state index is 0.335. The molecule has 1 saturated heterocycles. The van der Waals surface area contributed by atoms with Gasteiger partial charge in [0.05, 0.1) is 5.39 Å². The Morgan fingerprint density at radius 3 is 2.48 bits per heavy atom. The number of hydrogen-bond acceptors (Lipinski definition) is 5. The maximum Gasteiger partial charge on any atom is 0.225 e. The molecule has 1 aliphatic heterocycles. The van der Waals surface area contributed by atoms with Crippen molar-refractivity contribution < 1.29 is 0 Å². The molecule has 25 heavy (non-hydrogen) atoms. The Bertz CT molecular complexity index is 929. The number of benzene rings is 1. The van der Waals surface area contributed by atoms with Crippen LogP contribution in [0, 0.1) is 20.8 Å². The molecule has 1 fully saturated rings. The Hall–Kier alpha value is -1.85. The first-order chi connectivity index (χ1) is 12.0. The van der Waals surface area contributed by atoms with Gasteiger partial charge >= 0.3 is 0 Å². The Balaban J connectivity index is 1.59. The van der Waals surface area contributed by atoms with Gasteiger partial charge in [0, 0.05) is 36.7 Å². The zero-order valence-corrected chi connectivity index (χ0v) is 16.3. The van der Waals surface area contributed by atoms with Gasteiger partial charge < -0.3 is 9.80 Å². The SMILES string of the molecule is Cc1cc2c(N3CCN(c4cccc(C)c4C)CC3)nc(Cl)nc2s1. The molecule has 6 heteroatoms. The number of piperazine rings is 1. The molecule has 0 bridgehead atoms. The monoisotopic (exact) mass is 372 g/mol. The van der Waals surface area contributed by atoms with Crippen molar-refractivity contribution in [2.45, 2.75) is 20.8 Å². The summed E-state index contributed by atoms with van der Waals surface area (Å²) in [6.07, 6.45) is 0. The van der Waals surface area contributed by atoms with Crippen molar-refractivity contribution in [3.8, 4) is 0 Å². The van der Waals surface area contributed by atoms with Gasteiger partial charge in [0.25, 0.3) is 0 Å². The smallest absolute Gasteiger partial charge is 0.225 e. The Labute approximate surface area is 157 Å². The second-order valence-electron chi connectivity index (χ2n) is 6.59. The van der Waals surface area contributed by atoms with Gasteiger partial charge in [-0.2, -0.15) is 4.98 Å². The van der Waals surface area contributed by atoms with E-state index in [-0.39, 0.29) is 0 Å². The molecule has 0 atom stereocenters. The maximum atomic E-state index is 6.16. The molecule has 0 amide bonds. The van der Waals surface area contributed by atoms with E-state index < -0.39 is 0 Å². The summed E-state index contributed by atoms with van der Waals surface area (Å²) in [6, 6.07) is 8.71. The summed E-state index contributed by atoms with van der Waals surface area (Å²) in [5, 5.41) is 1.45. The van der Waals surface area contributed by atoms with Gasteiger partial charge in [-0.05, 0) is 55.6 Å². The third kappa shape index (κ3) is 3.07. The summed E-state index contributed by atoms with van der Waals surface area (Å²) in [5.41, 5.74) is 4.06. The van der Waals surface area contributed by atoms with Gasteiger partial charge in [-0.3, -0.25) is 0 Å². The van der Waals surface area contributed by atoms with E-state index in [1.165, 1.54) is 21.7 Å². The van der Waals surface area contributed by atoms with Crippen LogP contribution in [-0.2, 0) is 0 Å². The van der Waals surface area contributed by atoms with Crippen molar-refractivity contribution in [3.63, 3.8) is 0 Å². The van der Waals surface area contributed by atoms with Gasteiger partial charge in [0.2, 0.25) is 5.28 Å². The van der Waals surface area contributed by atoms with E-state index in [0.717, 1.165) is 42.2 Å². The number of halogens is 1. The van der Waals surface area contributed by atoms with Gasteiger partial charge in [-0.25, -0.2) is 4.98 Å². The molecule has 2 aromatic heterocycles. The van der Waals surface area contributed by atoms with Crippen molar-refractivity contribution in [2.24, 2.45) is 0 Å². The average Bonchev–Trinajstić information content (AvgIpc) is 2.97. The molecule has 1 aromatic carbocycles. The molecule has 0 unspecified atom stereocenters. The fraction of sp³-hybridized carbons (Fsp3) is 0.368. The van der Waals surface area contributed by atoms with Crippen molar-refractivity contribution in [2.75, 3.05) is 36.0 Å². The third-order valence-electron chi connectivity index (χ3n) is 4.96. The van der Waals surface area contributed by atoms with Crippen molar-refractivity contribution >= 4 is 44.7 Å². The number of anilines is 2. The molecule has 3 heterocycles. The first-order valence-corrected chi connectivity index (χ1v) is 9.72. The Morgan fingerprint density at radius 1 is 1.00 bits per heavy atom. The van der Waals surface area contributed by atoms with Crippen molar-refractivity contribution in [1.29, 1.82) is 0 Å². The van der Waals surface area contributed by atoms with E-state index in [0.29, 0.717) is 5.28 Å². The standard InChI is InChI=1S/C19H21ClN4S/c1-12-5-4-6-16(14(12)3)23-7-9-24(10-8-23)17-15-11-13(2)25-18(15)22-19(20)21-17/h4-6,11H,7-10H2,1-3H3. The van der Waals surface area contributed by atoms with Gasteiger partial charge in [0.1, 0.15) is 10.6 Å². The summed E-state index contributed by atoms with van der Waals surface area (Å²) in [6.45, 7) is 10.3. The lowest BCUT2D eigenvalue weighted by Crippen LogP contribution is -2.47. The molecule has 0 saturated carbocycles. The van der Waals surface area contributed by atoms with E-state index in [4.69, 9.17) is 11.6 Å². The largest absolute Gasteiger partial charge is 0.368 e. The molecule has 3 aromatic rings. The molecular weight excluding hydrogens is 352 g/mol. The van der Waals surface area contributed by atoms with Gasteiger partial charge in [-0.15, -0.1) is 11.3 Å². The molecule has 4 rings (SSSR count). The van der Waals surface area contributed by atoms with E-state index in [1.54, 1.807) is 11.3 Å². The maximum absolute atomic E-state index is 6.16. The van der Waals surface area contributed by atoms with Crippen LogP contribution < -0.4 is 9.80 Å². The molecule has 4 nitrogen and oxygen atoms in total. The first-order valence-electron chi connectivity index (χ1n) is 8.53. The Morgan fingerprint density at radius 2 is 1.72 bits per heavy atom. The summed E-state index contributed by atoms with van der Waals surface area (Å²) < 4.78 is 0. The lowest BCUT2D eigenvalue weighted by Gasteiger charge is -2.37. The number of aryl methyl sites for hydroxylation is 2. The number of rotatable bonds is 2. The van der Waals surface area contributed by atoms with Gasteiger partial charge in [0.15, 0.2) is 0 Å².